The van der Waals surface area contributed by atoms with Crippen LogP contribution in [0, 0.1) is 13.8 Å². The molecule has 1 aliphatic carbocycles. The number of benzene rings is 1. The first-order valence-electron chi connectivity index (χ1n) is 7.49. The van der Waals surface area contributed by atoms with Gasteiger partial charge >= 0.3 is 0 Å². The van der Waals surface area contributed by atoms with E-state index in [2.05, 4.69) is 79.7 Å². The maximum absolute atomic E-state index is 3.64. The minimum Gasteiger partial charge on any atom is -0.208 e. The normalized spacial score (nSPS) is 18.8. The van der Waals surface area contributed by atoms with Crippen LogP contribution in [0.1, 0.15) is 40.7 Å². The van der Waals surface area contributed by atoms with Crippen LogP contribution in [-0.4, -0.2) is 12.5 Å². The van der Waals surface area contributed by atoms with Gasteiger partial charge in [-0.25, -0.2) is 10.0 Å². The molecular formula is C19H23BrS2. The molecule has 1 unspecified atom stereocenters. The number of hydrogen-bond donors (Lipinski definition) is 0. The predicted octanol–water partition coefficient (Wildman–Crippen LogP) is 7.10. The summed E-state index contributed by atoms with van der Waals surface area (Å²) in [5, 5.41) is 2.82. The summed E-state index contributed by atoms with van der Waals surface area (Å²) >= 11 is 5.57. The maximum atomic E-state index is 3.64. The van der Waals surface area contributed by atoms with Gasteiger partial charge in [0.15, 0.2) is 0 Å². The Balaban J connectivity index is 2.20. The fraction of sp³-hybridized carbons (Fsp3) is 0.368. The van der Waals surface area contributed by atoms with Gasteiger partial charge in [0.2, 0.25) is 0 Å². The second-order valence-corrected chi connectivity index (χ2v) is 12.2. The van der Waals surface area contributed by atoms with Crippen molar-refractivity contribution < 1.29 is 0 Å². The Hall–Kier alpha value is -0.510. The minimum atomic E-state index is -0.951. The smallest absolute Gasteiger partial charge is 0.0487 e. The monoisotopic (exact) mass is 394 g/mol. The van der Waals surface area contributed by atoms with Crippen molar-refractivity contribution in [2.75, 3.05) is 12.5 Å². The molecule has 1 aromatic heterocycles. The Morgan fingerprint density at radius 3 is 2.23 bits per heavy atom. The molecule has 0 saturated heterocycles. The van der Waals surface area contributed by atoms with Crippen LogP contribution in [0.15, 0.2) is 38.5 Å². The van der Waals surface area contributed by atoms with Crippen molar-refractivity contribution in [3.63, 3.8) is 0 Å². The third-order valence-corrected chi connectivity index (χ3v) is 9.92. The van der Waals surface area contributed by atoms with Crippen LogP contribution in [0.2, 0.25) is 0 Å². The highest BCUT2D eigenvalue weighted by molar-refractivity contribution is 9.10. The average molecular weight is 395 g/mol. The zero-order valence-electron chi connectivity index (χ0n) is 14.1. The van der Waals surface area contributed by atoms with E-state index in [1.165, 1.54) is 26.7 Å². The molecule has 3 heteroatoms. The number of hydrogen-bond acceptors (Lipinski definition) is 1. The third-order valence-electron chi connectivity index (χ3n) is 4.86. The van der Waals surface area contributed by atoms with E-state index >= 15 is 0 Å². The Morgan fingerprint density at radius 1 is 1.05 bits per heavy atom. The molecule has 1 heterocycles. The molecule has 1 aromatic carbocycles. The van der Waals surface area contributed by atoms with Crippen molar-refractivity contribution in [3.05, 3.63) is 55.2 Å². The summed E-state index contributed by atoms with van der Waals surface area (Å²) < 4.78 is 1.19. The van der Waals surface area contributed by atoms with Crippen LogP contribution >= 0.6 is 37.3 Å². The Labute approximate surface area is 148 Å². The molecule has 118 valence electrons. The molecule has 0 bridgehead atoms. The highest BCUT2D eigenvalue weighted by Gasteiger charge is 2.38. The molecule has 2 aromatic rings. The van der Waals surface area contributed by atoms with Gasteiger partial charge in [-0.3, -0.25) is 0 Å². The van der Waals surface area contributed by atoms with Crippen LogP contribution < -0.4 is 0 Å². The molecule has 0 amide bonds. The second-order valence-electron chi connectivity index (χ2n) is 6.66. The Kier molecular flexibility index (Phi) is 4.12. The largest absolute Gasteiger partial charge is 0.208 e. The first-order valence-corrected chi connectivity index (χ1v) is 11.7. The molecule has 1 aliphatic rings. The molecule has 0 fully saturated rings. The number of allylic oxidation sites excluding steroid dienone is 1. The van der Waals surface area contributed by atoms with E-state index in [-0.39, 0.29) is 0 Å². The molecule has 1 atom stereocenters. The molecule has 0 N–H and O–H groups in total. The number of halogens is 1. The van der Waals surface area contributed by atoms with Gasteiger partial charge in [0.25, 0.3) is 0 Å². The molecule has 0 radical (unpaired) electrons. The van der Waals surface area contributed by atoms with E-state index in [4.69, 9.17) is 0 Å². The van der Waals surface area contributed by atoms with Gasteiger partial charge in [0.05, 0.1) is 0 Å². The molecular weight excluding hydrogens is 372 g/mol. The van der Waals surface area contributed by atoms with Crippen molar-refractivity contribution >= 4 is 42.9 Å². The fourth-order valence-corrected chi connectivity index (χ4v) is 10.3. The lowest BCUT2D eigenvalue weighted by atomic mass is 10.1. The van der Waals surface area contributed by atoms with Gasteiger partial charge < -0.3 is 0 Å². The van der Waals surface area contributed by atoms with E-state index < -0.39 is 10.0 Å². The quantitative estimate of drug-likeness (QED) is 0.509. The van der Waals surface area contributed by atoms with E-state index in [0.29, 0.717) is 5.25 Å². The minimum absolute atomic E-state index is 0.570. The standard InChI is InChI=1S/C19H23BrS2/c1-11-9-15(20)10-12(2)18(11)22(5,6)19-14(4)13(3)16-7-8-21-17(16)19/h7-10,19H,1-6H3. The number of thiophene rings is 1. The first kappa shape index (κ1) is 16.4. The fourth-order valence-electron chi connectivity index (χ4n) is 3.99. The highest BCUT2D eigenvalue weighted by atomic mass is 79.9. The highest BCUT2D eigenvalue weighted by Crippen LogP contribution is 2.69. The lowest BCUT2D eigenvalue weighted by molar-refractivity contribution is 1.12. The lowest BCUT2D eigenvalue weighted by Gasteiger charge is -2.41. The molecule has 0 nitrogen and oxygen atoms in total. The topological polar surface area (TPSA) is 0 Å². The van der Waals surface area contributed by atoms with E-state index in [1.807, 2.05) is 11.3 Å². The summed E-state index contributed by atoms with van der Waals surface area (Å²) in [7, 11) is -0.951. The van der Waals surface area contributed by atoms with Crippen LogP contribution in [0.5, 0.6) is 0 Å². The van der Waals surface area contributed by atoms with Gasteiger partial charge in [-0.15, -0.1) is 11.3 Å². The van der Waals surface area contributed by atoms with E-state index in [0.717, 1.165) is 0 Å². The zero-order valence-corrected chi connectivity index (χ0v) is 17.3. The van der Waals surface area contributed by atoms with Gasteiger partial charge in [-0.1, -0.05) is 21.5 Å². The van der Waals surface area contributed by atoms with Crippen LogP contribution in [0.25, 0.3) is 5.57 Å². The summed E-state index contributed by atoms with van der Waals surface area (Å²) in [5.74, 6) is 0. The van der Waals surface area contributed by atoms with Crippen molar-refractivity contribution in [3.8, 4) is 0 Å². The first-order chi connectivity index (χ1) is 10.2. The number of rotatable bonds is 2. The van der Waals surface area contributed by atoms with Crippen LogP contribution in [0.3, 0.4) is 0 Å². The van der Waals surface area contributed by atoms with Crippen LogP contribution in [-0.2, 0) is 0 Å². The molecule has 0 aliphatic heterocycles. The Morgan fingerprint density at radius 2 is 1.64 bits per heavy atom. The van der Waals surface area contributed by atoms with Gasteiger partial charge in [-0.05, 0) is 90.9 Å². The lowest BCUT2D eigenvalue weighted by Crippen LogP contribution is -2.11. The molecule has 0 spiro atoms. The molecule has 22 heavy (non-hydrogen) atoms. The maximum Gasteiger partial charge on any atom is 0.0487 e. The summed E-state index contributed by atoms with van der Waals surface area (Å²) in [4.78, 5) is 3.16. The summed E-state index contributed by atoms with van der Waals surface area (Å²) in [6.07, 6.45) is 4.99. The second kappa shape index (κ2) is 5.54. The average Bonchev–Trinajstić information content (AvgIpc) is 2.92. The molecule has 3 rings (SSSR count). The van der Waals surface area contributed by atoms with Crippen molar-refractivity contribution in [2.45, 2.75) is 37.8 Å². The van der Waals surface area contributed by atoms with Gasteiger partial charge in [-0.2, -0.15) is 0 Å². The van der Waals surface area contributed by atoms with Crippen molar-refractivity contribution in [2.24, 2.45) is 0 Å². The SMILES string of the molecule is CC1=C(C)C(S(C)(C)c2c(C)cc(Br)cc2C)c2sccc21. The molecule has 0 saturated carbocycles. The summed E-state index contributed by atoms with van der Waals surface area (Å²) in [5.41, 5.74) is 7.39. The van der Waals surface area contributed by atoms with Crippen molar-refractivity contribution in [1.29, 1.82) is 0 Å². The summed E-state index contributed by atoms with van der Waals surface area (Å²) in [6, 6.07) is 6.84. The summed E-state index contributed by atoms with van der Waals surface area (Å²) in [6.45, 7) is 9.15. The van der Waals surface area contributed by atoms with E-state index in [9.17, 15) is 0 Å². The van der Waals surface area contributed by atoms with Gasteiger partial charge in [0, 0.05) is 14.6 Å². The van der Waals surface area contributed by atoms with Crippen molar-refractivity contribution in [1.82, 2.24) is 0 Å². The van der Waals surface area contributed by atoms with E-state index in [1.54, 1.807) is 15.3 Å². The zero-order chi connectivity index (χ0) is 16.2. The predicted molar refractivity (Wildman–Crippen MR) is 107 cm³/mol. The Bertz CT molecular complexity index is 757. The number of fused-ring (bicyclic) bond motifs is 1. The third kappa shape index (κ3) is 2.33. The number of aryl methyl sites for hydroxylation is 2. The van der Waals surface area contributed by atoms with Crippen LogP contribution in [0.4, 0.5) is 0 Å². The van der Waals surface area contributed by atoms with Gasteiger partial charge in [0.1, 0.15) is 0 Å².